The number of aliphatic hydroxyl groups excluding tert-OH is 1. The van der Waals surface area contributed by atoms with E-state index in [1.165, 1.54) is 24.0 Å². The molecule has 3 N–H and O–H groups in total. The first kappa shape index (κ1) is 14.2. The van der Waals surface area contributed by atoms with Gasteiger partial charge in [-0.25, -0.2) is 4.98 Å². The lowest BCUT2D eigenvalue weighted by Crippen LogP contribution is -2.30. The number of nitrogens with zero attached hydrogens (tertiary/aromatic N) is 1. The predicted molar refractivity (Wildman–Crippen MR) is 66.3 cm³/mol. The summed E-state index contributed by atoms with van der Waals surface area (Å²) in [6, 6.07) is 1.35. The van der Waals surface area contributed by atoms with Crippen molar-refractivity contribution in [2.45, 2.75) is 11.3 Å². The molecule has 1 rings (SSSR count). The molecule has 0 aromatic carbocycles. The second-order valence-electron chi connectivity index (χ2n) is 3.40. The van der Waals surface area contributed by atoms with Crippen LogP contribution in [-0.4, -0.2) is 53.7 Å². The number of H-pyrrole nitrogens is 1. The molecule has 0 saturated carbocycles. The molecule has 0 fully saturated rings. The highest BCUT2D eigenvalue weighted by Gasteiger charge is 2.05. The fourth-order valence-corrected chi connectivity index (χ4v) is 1.88. The maximum absolute atomic E-state index is 11.0. The number of hydrogen-bond donors (Lipinski definition) is 3. The van der Waals surface area contributed by atoms with Gasteiger partial charge in [0.05, 0.1) is 12.7 Å². The highest BCUT2D eigenvalue weighted by Crippen LogP contribution is 2.10. The molecule has 7 heteroatoms. The molecule has 1 atom stereocenters. The number of rotatable bonds is 8. The molecule has 0 amide bonds. The van der Waals surface area contributed by atoms with E-state index in [1.54, 1.807) is 7.11 Å². The molecule has 0 aliphatic rings. The molecule has 1 heterocycles. The summed E-state index contributed by atoms with van der Waals surface area (Å²) in [7, 11) is 1.63. The lowest BCUT2D eigenvalue weighted by Gasteiger charge is -2.10. The van der Waals surface area contributed by atoms with Crippen LogP contribution in [0.3, 0.4) is 0 Å². The highest BCUT2D eigenvalue weighted by molar-refractivity contribution is 7.99. The first-order chi connectivity index (χ1) is 8.22. The number of aromatic amines is 1. The summed E-state index contributed by atoms with van der Waals surface area (Å²) in [4.78, 5) is 17.5. The van der Waals surface area contributed by atoms with E-state index < -0.39 is 6.10 Å². The minimum absolute atomic E-state index is 0.185. The second-order valence-corrected chi connectivity index (χ2v) is 4.41. The van der Waals surface area contributed by atoms with Crippen molar-refractivity contribution in [2.24, 2.45) is 0 Å². The van der Waals surface area contributed by atoms with Crippen LogP contribution in [0.1, 0.15) is 0 Å². The number of nitrogens with one attached hydrogen (secondary N) is 2. The van der Waals surface area contributed by atoms with E-state index in [1.807, 2.05) is 0 Å². The zero-order valence-corrected chi connectivity index (χ0v) is 10.5. The third kappa shape index (κ3) is 6.42. The van der Waals surface area contributed by atoms with Crippen LogP contribution in [0.15, 0.2) is 22.2 Å². The summed E-state index contributed by atoms with van der Waals surface area (Å²) in [6.07, 6.45) is 0.965. The largest absolute Gasteiger partial charge is 0.391 e. The summed E-state index contributed by atoms with van der Waals surface area (Å²) in [5.41, 5.74) is -0.185. The Morgan fingerprint density at radius 1 is 1.71 bits per heavy atom. The van der Waals surface area contributed by atoms with Gasteiger partial charge in [-0.2, -0.15) is 0 Å². The van der Waals surface area contributed by atoms with Crippen LogP contribution in [0.4, 0.5) is 0 Å². The van der Waals surface area contributed by atoms with E-state index in [2.05, 4.69) is 15.3 Å². The lowest BCUT2D eigenvalue weighted by atomic mass is 10.4. The average Bonchev–Trinajstić information content (AvgIpc) is 2.32. The van der Waals surface area contributed by atoms with Gasteiger partial charge in [-0.1, -0.05) is 11.8 Å². The molecule has 0 aliphatic heterocycles. The molecular formula is C10H17N3O3S. The van der Waals surface area contributed by atoms with Crippen molar-refractivity contribution in [1.82, 2.24) is 15.3 Å². The Morgan fingerprint density at radius 2 is 2.53 bits per heavy atom. The number of methoxy groups -OCH3 is 1. The van der Waals surface area contributed by atoms with E-state index in [4.69, 9.17) is 4.74 Å². The molecule has 0 saturated heterocycles. The van der Waals surface area contributed by atoms with Crippen LogP contribution in [0, 0.1) is 0 Å². The van der Waals surface area contributed by atoms with Crippen LogP contribution in [0.2, 0.25) is 0 Å². The highest BCUT2D eigenvalue weighted by atomic mass is 32.2. The van der Waals surface area contributed by atoms with Crippen molar-refractivity contribution in [3.05, 3.63) is 22.6 Å². The number of aromatic nitrogens is 2. The van der Waals surface area contributed by atoms with Crippen LogP contribution >= 0.6 is 11.8 Å². The minimum atomic E-state index is -0.484. The molecule has 0 bridgehead atoms. The van der Waals surface area contributed by atoms with Crippen LogP contribution in [0.25, 0.3) is 0 Å². The number of ether oxygens (including phenoxy) is 1. The molecule has 1 aromatic rings. The number of thioether (sulfide) groups is 1. The van der Waals surface area contributed by atoms with Crippen molar-refractivity contribution >= 4 is 11.8 Å². The van der Waals surface area contributed by atoms with Crippen LogP contribution in [0.5, 0.6) is 0 Å². The minimum Gasteiger partial charge on any atom is -0.391 e. The SMILES string of the molecule is COCCNCC(O)CSc1nccc(=O)[nH]1. The molecule has 6 nitrogen and oxygen atoms in total. The number of hydrogen-bond acceptors (Lipinski definition) is 6. The van der Waals surface area contributed by atoms with Crippen molar-refractivity contribution in [1.29, 1.82) is 0 Å². The van der Waals surface area contributed by atoms with Crippen molar-refractivity contribution in [3.63, 3.8) is 0 Å². The van der Waals surface area contributed by atoms with Gasteiger partial charge in [0.15, 0.2) is 5.16 Å². The van der Waals surface area contributed by atoms with Crippen LogP contribution < -0.4 is 10.9 Å². The zero-order chi connectivity index (χ0) is 12.5. The Morgan fingerprint density at radius 3 is 3.24 bits per heavy atom. The molecule has 1 aromatic heterocycles. The van der Waals surface area contributed by atoms with Gasteiger partial charge in [0.2, 0.25) is 0 Å². The Kier molecular flexibility index (Phi) is 6.87. The monoisotopic (exact) mass is 259 g/mol. The zero-order valence-electron chi connectivity index (χ0n) is 9.68. The maximum Gasteiger partial charge on any atom is 0.251 e. The lowest BCUT2D eigenvalue weighted by molar-refractivity contribution is 0.175. The number of aliphatic hydroxyl groups is 1. The summed E-state index contributed by atoms with van der Waals surface area (Å²) >= 11 is 1.32. The average molecular weight is 259 g/mol. The topological polar surface area (TPSA) is 87.2 Å². The molecule has 0 spiro atoms. The third-order valence-electron chi connectivity index (χ3n) is 1.92. The fourth-order valence-electron chi connectivity index (χ4n) is 1.10. The van der Waals surface area contributed by atoms with Gasteiger partial charge in [0.25, 0.3) is 5.56 Å². The van der Waals surface area contributed by atoms with Crippen molar-refractivity contribution in [3.8, 4) is 0 Å². The molecule has 0 radical (unpaired) electrons. The van der Waals surface area contributed by atoms with Gasteiger partial charge in [-0.05, 0) is 0 Å². The first-order valence-corrected chi connectivity index (χ1v) is 6.27. The summed E-state index contributed by atoms with van der Waals surface area (Å²) in [6.45, 7) is 1.82. The molecule has 17 heavy (non-hydrogen) atoms. The maximum atomic E-state index is 11.0. The predicted octanol–water partition coefficient (Wildman–Crippen LogP) is -0.541. The summed E-state index contributed by atoms with van der Waals surface area (Å²) in [5, 5.41) is 13.2. The van der Waals surface area contributed by atoms with E-state index >= 15 is 0 Å². The quantitative estimate of drug-likeness (QED) is 0.330. The smallest absolute Gasteiger partial charge is 0.251 e. The standard InChI is InChI=1S/C10H17N3O3S/c1-16-5-4-11-6-8(14)7-17-10-12-3-2-9(15)13-10/h2-3,8,11,14H,4-7H2,1H3,(H,12,13,15). The van der Waals surface area contributed by atoms with E-state index in [-0.39, 0.29) is 5.56 Å². The van der Waals surface area contributed by atoms with Crippen molar-refractivity contribution in [2.75, 3.05) is 32.6 Å². The fraction of sp³-hybridized carbons (Fsp3) is 0.600. The van der Waals surface area contributed by atoms with Crippen LogP contribution in [-0.2, 0) is 4.74 Å². The molecular weight excluding hydrogens is 242 g/mol. The van der Waals surface area contributed by atoms with Gasteiger partial charge in [0, 0.05) is 38.2 Å². The van der Waals surface area contributed by atoms with Gasteiger partial charge in [0.1, 0.15) is 0 Å². The van der Waals surface area contributed by atoms with Crippen molar-refractivity contribution < 1.29 is 9.84 Å². The summed E-state index contributed by atoms with van der Waals surface area (Å²) < 4.78 is 4.87. The van der Waals surface area contributed by atoms with E-state index in [0.717, 1.165) is 0 Å². The van der Waals surface area contributed by atoms with Gasteiger partial charge < -0.3 is 20.1 Å². The Labute approximate surface area is 104 Å². The molecule has 0 aliphatic carbocycles. The second kappa shape index (κ2) is 8.24. The molecule has 96 valence electrons. The normalized spacial score (nSPS) is 12.6. The van der Waals surface area contributed by atoms with E-state index in [9.17, 15) is 9.90 Å². The summed E-state index contributed by atoms with van der Waals surface area (Å²) in [5.74, 6) is 0.479. The van der Waals surface area contributed by atoms with Gasteiger partial charge >= 0.3 is 0 Å². The Hall–Kier alpha value is -0.890. The first-order valence-electron chi connectivity index (χ1n) is 5.28. The Bertz CT molecular complexity index is 372. The molecule has 1 unspecified atom stereocenters. The van der Waals surface area contributed by atoms with E-state index in [0.29, 0.717) is 30.6 Å². The van der Waals surface area contributed by atoms with Gasteiger partial charge in [-0.3, -0.25) is 4.79 Å². The van der Waals surface area contributed by atoms with Gasteiger partial charge in [-0.15, -0.1) is 0 Å². The third-order valence-corrected chi connectivity index (χ3v) is 2.96. The Balaban J connectivity index is 2.19.